The predicted molar refractivity (Wildman–Crippen MR) is 108 cm³/mol. The fraction of sp³-hybridized carbons (Fsp3) is 0.190. The SMILES string of the molecule is CCCc1nc2scc(-c3ccccc3)c2c(=O)n1Cc1ccc(C(=O)O)o1. The first kappa shape index (κ1) is 18.2. The van der Waals surface area contributed by atoms with Gasteiger partial charge >= 0.3 is 5.97 Å². The summed E-state index contributed by atoms with van der Waals surface area (Å²) in [5, 5.41) is 11.6. The minimum Gasteiger partial charge on any atom is -0.475 e. The van der Waals surface area contributed by atoms with Crippen molar-refractivity contribution in [1.82, 2.24) is 9.55 Å². The summed E-state index contributed by atoms with van der Waals surface area (Å²) in [6, 6.07) is 12.7. The summed E-state index contributed by atoms with van der Waals surface area (Å²) >= 11 is 1.46. The maximum atomic E-state index is 13.4. The Labute approximate surface area is 164 Å². The molecule has 0 saturated carbocycles. The minimum absolute atomic E-state index is 0.137. The lowest BCUT2D eigenvalue weighted by molar-refractivity contribution is 0.0660. The van der Waals surface area contributed by atoms with Crippen molar-refractivity contribution in [3.05, 3.63) is 75.5 Å². The molecule has 142 valence electrons. The van der Waals surface area contributed by atoms with Crippen molar-refractivity contribution in [3.63, 3.8) is 0 Å². The molecule has 0 saturated heterocycles. The highest BCUT2D eigenvalue weighted by Gasteiger charge is 2.18. The third-order valence-electron chi connectivity index (χ3n) is 4.52. The maximum absolute atomic E-state index is 13.4. The summed E-state index contributed by atoms with van der Waals surface area (Å²) in [6.07, 6.45) is 1.49. The molecule has 0 bridgehead atoms. The van der Waals surface area contributed by atoms with Crippen molar-refractivity contribution in [2.75, 3.05) is 0 Å². The van der Waals surface area contributed by atoms with Crippen LogP contribution in [0.2, 0.25) is 0 Å². The summed E-state index contributed by atoms with van der Waals surface area (Å²) in [5.41, 5.74) is 1.69. The summed E-state index contributed by atoms with van der Waals surface area (Å²) in [5.74, 6) is -0.191. The largest absolute Gasteiger partial charge is 0.475 e. The summed E-state index contributed by atoms with van der Waals surface area (Å²) < 4.78 is 6.95. The molecule has 0 atom stereocenters. The van der Waals surface area contributed by atoms with Gasteiger partial charge in [-0.2, -0.15) is 0 Å². The Kier molecular flexibility index (Phi) is 4.83. The number of carboxylic acids is 1. The number of aromatic carboxylic acids is 1. The van der Waals surface area contributed by atoms with Gasteiger partial charge in [-0.05, 0) is 24.1 Å². The van der Waals surface area contributed by atoms with E-state index in [0.717, 1.165) is 17.5 Å². The molecular formula is C21H18N2O4S. The summed E-state index contributed by atoms with van der Waals surface area (Å²) in [7, 11) is 0. The van der Waals surface area contributed by atoms with E-state index < -0.39 is 5.97 Å². The zero-order chi connectivity index (χ0) is 19.7. The predicted octanol–water partition coefficient (Wildman–Crippen LogP) is 4.42. The van der Waals surface area contributed by atoms with E-state index in [1.807, 2.05) is 42.6 Å². The number of aryl methyl sites for hydroxylation is 1. The molecule has 4 rings (SSSR count). The van der Waals surface area contributed by atoms with Crippen LogP contribution in [0.1, 0.15) is 35.5 Å². The number of aromatic nitrogens is 2. The maximum Gasteiger partial charge on any atom is 0.371 e. The van der Waals surface area contributed by atoms with Crippen molar-refractivity contribution < 1.29 is 14.3 Å². The second kappa shape index (κ2) is 7.44. The number of hydrogen-bond acceptors (Lipinski definition) is 5. The van der Waals surface area contributed by atoms with E-state index in [-0.39, 0.29) is 17.9 Å². The van der Waals surface area contributed by atoms with Crippen LogP contribution in [0.3, 0.4) is 0 Å². The molecule has 0 aliphatic carbocycles. The molecule has 0 radical (unpaired) electrons. The van der Waals surface area contributed by atoms with Gasteiger partial charge in [0.2, 0.25) is 5.76 Å². The van der Waals surface area contributed by atoms with Crippen LogP contribution in [0.15, 0.2) is 57.1 Å². The van der Waals surface area contributed by atoms with Gasteiger partial charge in [0.15, 0.2) is 0 Å². The first-order chi connectivity index (χ1) is 13.6. The molecule has 3 heterocycles. The van der Waals surface area contributed by atoms with Crippen LogP contribution in [0.5, 0.6) is 0 Å². The molecule has 0 aliphatic heterocycles. The van der Waals surface area contributed by atoms with Crippen molar-refractivity contribution >= 4 is 27.5 Å². The second-order valence-corrected chi connectivity index (χ2v) is 7.29. The number of carboxylic acid groups (broad SMARTS) is 1. The van der Waals surface area contributed by atoms with Crippen molar-refractivity contribution in [2.24, 2.45) is 0 Å². The number of rotatable bonds is 6. The third-order valence-corrected chi connectivity index (χ3v) is 5.39. The molecule has 7 heteroatoms. The first-order valence-corrected chi connectivity index (χ1v) is 9.84. The Morgan fingerprint density at radius 1 is 1.21 bits per heavy atom. The van der Waals surface area contributed by atoms with Gasteiger partial charge in [0.25, 0.3) is 5.56 Å². The van der Waals surface area contributed by atoms with Crippen LogP contribution in [-0.4, -0.2) is 20.6 Å². The van der Waals surface area contributed by atoms with Gasteiger partial charge in [0.1, 0.15) is 16.4 Å². The van der Waals surface area contributed by atoms with Gasteiger partial charge < -0.3 is 9.52 Å². The van der Waals surface area contributed by atoms with Crippen molar-refractivity contribution in [3.8, 4) is 11.1 Å². The molecule has 0 amide bonds. The van der Waals surface area contributed by atoms with Crippen LogP contribution < -0.4 is 5.56 Å². The number of fused-ring (bicyclic) bond motifs is 1. The lowest BCUT2D eigenvalue weighted by Crippen LogP contribution is -2.25. The highest BCUT2D eigenvalue weighted by molar-refractivity contribution is 7.17. The Morgan fingerprint density at radius 2 is 2.00 bits per heavy atom. The van der Waals surface area contributed by atoms with Crippen LogP contribution >= 0.6 is 11.3 Å². The average Bonchev–Trinajstić information content (AvgIpc) is 3.33. The monoisotopic (exact) mass is 394 g/mol. The van der Waals surface area contributed by atoms with Gasteiger partial charge in [-0.25, -0.2) is 9.78 Å². The zero-order valence-electron chi connectivity index (χ0n) is 15.2. The van der Waals surface area contributed by atoms with Crippen molar-refractivity contribution in [1.29, 1.82) is 0 Å². The summed E-state index contributed by atoms with van der Waals surface area (Å²) in [4.78, 5) is 29.9. The first-order valence-electron chi connectivity index (χ1n) is 8.96. The van der Waals surface area contributed by atoms with E-state index in [1.165, 1.54) is 17.4 Å². The molecular weight excluding hydrogens is 376 g/mol. The van der Waals surface area contributed by atoms with Gasteiger partial charge in [0.05, 0.1) is 11.9 Å². The Balaban J connectivity index is 1.87. The Bertz CT molecular complexity index is 1200. The molecule has 0 fully saturated rings. The smallest absolute Gasteiger partial charge is 0.371 e. The standard InChI is InChI=1S/C21H18N2O4S/c1-2-6-17-22-19-18(15(12-28-19)13-7-4-3-5-8-13)20(24)23(17)11-14-9-10-16(27-14)21(25)26/h3-5,7-10,12H,2,6,11H2,1H3,(H,25,26). The molecule has 0 aliphatic rings. The van der Waals surface area contributed by atoms with Gasteiger partial charge in [-0.15, -0.1) is 11.3 Å². The normalized spacial score (nSPS) is 11.2. The number of hydrogen-bond donors (Lipinski definition) is 1. The Hall–Kier alpha value is -3.19. The minimum atomic E-state index is -1.13. The highest BCUT2D eigenvalue weighted by atomic mass is 32.1. The van der Waals surface area contributed by atoms with Crippen LogP contribution in [0, 0.1) is 0 Å². The summed E-state index contributed by atoms with van der Waals surface area (Å²) in [6.45, 7) is 2.18. The van der Waals surface area contributed by atoms with Crippen LogP contribution in [0.4, 0.5) is 0 Å². The molecule has 28 heavy (non-hydrogen) atoms. The van der Waals surface area contributed by atoms with E-state index >= 15 is 0 Å². The van der Waals surface area contributed by atoms with E-state index in [1.54, 1.807) is 10.6 Å². The lowest BCUT2D eigenvalue weighted by Gasteiger charge is -2.11. The average molecular weight is 394 g/mol. The number of furan rings is 1. The van der Waals surface area contributed by atoms with Gasteiger partial charge in [-0.3, -0.25) is 9.36 Å². The Morgan fingerprint density at radius 3 is 2.68 bits per heavy atom. The number of benzene rings is 1. The topological polar surface area (TPSA) is 85.3 Å². The van der Waals surface area contributed by atoms with E-state index in [2.05, 4.69) is 0 Å². The molecule has 0 unspecified atom stereocenters. The van der Waals surface area contributed by atoms with Crippen LogP contribution in [-0.2, 0) is 13.0 Å². The lowest BCUT2D eigenvalue weighted by atomic mass is 10.1. The quantitative estimate of drug-likeness (QED) is 0.523. The van der Waals surface area contributed by atoms with E-state index in [4.69, 9.17) is 14.5 Å². The fourth-order valence-corrected chi connectivity index (χ4v) is 4.16. The number of carbonyl (C=O) groups is 1. The van der Waals surface area contributed by atoms with Gasteiger partial charge in [-0.1, -0.05) is 37.3 Å². The molecule has 6 nitrogen and oxygen atoms in total. The molecule has 0 spiro atoms. The third kappa shape index (κ3) is 3.25. The van der Waals surface area contributed by atoms with E-state index in [9.17, 15) is 9.59 Å². The highest BCUT2D eigenvalue weighted by Crippen LogP contribution is 2.31. The zero-order valence-corrected chi connectivity index (χ0v) is 16.0. The molecule has 3 aromatic heterocycles. The molecule has 4 aromatic rings. The number of nitrogens with zero attached hydrogens (tertiary/aromatic N) is 2. The fourth-order valence-electron chi connectivity index (χ4n) is 3.21. The molecule has 1 aromatic carbocycles. The van der Waals surface area contributed by atoms with Crippen molar-refractivity contribution in [2.45, 2.75) is 26.3 Å². The second-order valence-electron chi connectivity index (χ2n) is 6.44. The van der Waals surface area contributed by atoms with Gasteiger partial charge in [0, 0.05) is 17.4 Å². The number of thiophene rings is 1. The molecule has 1 N–H and O–H groups in total. The van der Waals surface area contributed by atoms with Crippen LogP contribution in [0.25, 0.3) is 21.3 Å². The van der Waals surface area contributed by atoms with E-state index in [0.29, 0.717) is 28.2 Å².